The Hall–Kier alpha value is -1.97. The van der Waals surface area contributed by atoms with Crippen molar-refractivity contribution in [3.8, 4) is 0 Å². The van der Waals surface area contributed by atoms with Gasteiger partial charge in [-0.2, -0.15) is 0 Å². The molecule has 2 aliphatic heterocycles. The van der Waals surface area contributed by atoms with Crippen molar-refractivity contribution in [1.29, 1.82) is 0 Å². The predicted molar refractivity (Wildman–Crippen MR) is 99.5 cm³/mol. The van der Waals surface area contributed by atoms with Crippen molar-refractivity contribution in [2.24, 2.45) is 5.41 Å². The van der Waals surface area contributed by atoms with Gasteiger partial charge in [-0.05, 0) is 31.2 Å². The van der Waals surface area contributed by atoms with Crippen LogP contribution in [0.15, 0.2) is 30.3 Å². The monoisotopic (exact) mass is 398 g/mol. The Morgan fingerprint density at radius 1 is 1.33 bits per heavy atom. The highest BCUT2D eigenvalue weighted by Gasteiger charge is 2.56. The maximum absolute atomic E-state index is 12.5. The lowest BCUT2D eigenvalue weighted by molar-refractivity contribution is -0.132. The minimum Gasteiger partial charge on any atom is -0.483 e. The second kappa shape index (κ2) is 8.81. The third kappa shape index (κ3) is 5.06. The van der Waals surface area contributed by atoms with Gasteiger partial charge in [-0.1, -0.05) is 30.3 Å². The average Bonchev–Trinajstić information content (AvgIpc) is 3.17. The lowest BCUT2D eigenvalue weighted by atomic mass is 9.70. The molecule has 3 N–H and O–H groups in total. The van der Waals surface area contributed by atoms with Gasteiger partial charge in [0.2, 0.25) is 15.9 Å². The fraction of sp³-hybridized carbons (Fsp3) is 0.556. The van der Waals surface area contributed by atoms with Crippen LogP contribution in [0.2, 0.25) is 0 Å². The number of nitrogens with zero attached hydrogens (tertiary/aromatic N) is 1. The Labute approximate surface area is 159 Å². The molecule has 2 heterocycles. The maximum Gasteiger partial charge on any atom is 0.290 e. The van der Waals surface area contributed by atoms with Gasteiger partial charge >= 0.3 is 0 Å². The van der Waals surface area contributed by atoms with E-state index in [1.807, 2.05) is 35.2 Å². The van der Waals surface area contributed by atoms with Crippen LogP contribution in [0.4, 0.5) is 0 Å². The van der Waals surface area contributed by atoms with E-state index < -0.39 is 10.0 Å². The molecule has 3 rings (SSSR count). The highest BCUT2D eigenvalue weighted by Crippen LogP contribution is 2.51. The van der Waals surface area contributed by atoms with Gasteiger partial charge < -0.3 is 15.1 Å². The molecule has 0 aliphatic carbocycles. The number of carbonyl (C=O) groups excluding carboxylic acids is 1. The molecular weight excluding hydrogens is 372 g/mol. The maximum atomic E-state index is 12.5. The lowest BCUT2D eigenvalue weighted by Crippen LogP contribution is -2.46. The van der Waals surface area contributed by atoms with E-state index in [2.05, 4.69) is 4.72 Å². The molecule has 2 saturated heterocycles. The minimum atomic E-state index is -3.39. The van der Waals surface area contributed by atoms with E-state index in [0.717, 1.165) is 37.5 Å². The van der Waals surface area contributed by atoms with Gasteiger partial charge in [0.1, 0.15) is 0 Å². The molecule has 0 radical (unpaired) electrons. The number of aliphatic hydroxyl groups is 1. The number of hydrogen-bond acceptors (Lipinski definition) is 5. The highest BCUT2D eigenvalue weighted by molar-refractivity contribution is 7.88. The topological polar surface area (TPSA) is 124 Å². The second-order valence-electron chi connectivity index (χ2n) is 7.13. The lowest BCUT2D eigenvalue weighted by Gasteiger charge is -2.36. The zero-order valence-electron chi connectivity index (χ0n) is 15.2. The van der Waals surface area contributed by atoms with E-state index in [9.17, 15) is 18.3 Å². The Balaban J connectivity index is 0.000000817. The molecule has 2 bridgehead atoms. The summed E-state index contributed by atoms with van der Waals surface area (Å²) < 4.78 is 24.7. The zero-order chi connectivity index (χ0) is 20.1. The van der Waals surface area contributed by atoms with Crippen LogP contribution in [0.3, 0.4) is 0 Å². The molecule has 2 fully saturated rings. The van der Waals surface area contributed by atoms with Gasteiger partial charge in [-0.25, -0.2) is 13.1 Å². The zero-order valence-corrected chi connectivity index (χ0v) is 16.1. The van der Waals surface area contributed by atoms with Gasteiger partial charge in [-0.15, -0.1) is 0 Å². The van der Waals surface area contributed by atoms with E-state index in [1.54, 1.807) is 0 Å². The van der Waals surface area contributed by atoms with E-state index in [-0.39, 0.29) is 43.0 Å². The summed E-state index contributed by atoms with van der Waals surface area (Å²) in [5, 5.41) is 17.0. The van der Waals surface area contributed by atoms with E-state index in [4.69, 9.17) is 9.90 Å². The Morgan fingerprint density at radius 3 is 2.52 bits per heavy atom. The average molecular weight is 398 g/mol. The van der Waals surface area contributed by atoms with Crippen LogP contribution in [0.25, 0.3) is 0 Å². The van der Waals surface area contributed by atoms with Crippen LogP contribution in [0, 0.1) is 5.41 Å². The third-order valence-electron chi connectivity index (χ3n) is 5.34. The fourth-order valence-corrected chi connectivity index (χ4v) is 4.76. The number of fused-ring (bicyclic) bond motifs is 2. The van der Waals surface area contributed by atoms with Gasteiger partial charge in [-0.3, -0.25) is 9.59 Å². The highest BCUT2D eigenvalue weighted by atomic mass is 32.2. The normalized spacial score (nSPS) is 26.4. The summed E-state index contributed by atoms with van der Waals surface area (Å²) in [6, 6.07) is 10.1. The van der Waals surface area contributed by atoms with Crippen molar-refractivity contribution < 1.29 is 28.2 Å². The molecule has 27 heavy (non-hydrogen) atoms. The van der Waals surface area contributed by atoms with Gasteiger partial charge in [0, 0.05) is 17.5 Å². The minimum absolute atomic E-state index is 0.0263. The standard InChI is InChI=1S/C17H24N2O4S.CH2O2/c1-24(22,23)18-11-16(21)19-14-7-8-15(19)17(10-14,12-20)9-13-5-3-2-4-6-13;2-1-3/h2-6,14-15,18,20H,7-12H2,1H3;1H,(H,2,3)/t14-,15+,17-;/m1./s1. The van der Waals surface area contributed by atoms with E-state index >= 15 is 0 Å². The first-order chi connectivity index (χ1) is 12.8. The van der Waals surface area contributed by atoms with E-state index in [1.165, 1.54) is 0 Å². The first-order valence-corrected chi connectivity index (χ1v) is 10.6. The molecule has 0 saturated carbocycles. The fourth-order valence-electron chi connectivity index (χ4n) is 4.37. The van der Waals surface area contributed by atoms with Crippen molar-refractivity contribution in [1.82, 2.24) is 9.62 Å². The van der Waals surface area contributed by atoms with Crippen LogP contribution in [0.1, 0.15) is 24.8 Å². The number of benzene rings is 1. The molecule has 0 spiro atoms. The first kappa shape index (κ1) is 21.3. The van der Waals surface area contributed by atoms with Crippen LogP contribution in [-0.4, -0.2) is 67.4 Å². The number of rotatable bonds is 6. The number of sulfonamides is 1. The number of carbonyl (C=O) groups is 2. The van der Waals surface area contributed by atoms with Gasteiger partial charge in [0.15, 0.2) is 0 Å². The summed E-state index contributed by atoms with van der Waals surface area (Å²) in [5.74, 6) is -0.198. The SMILES string of the molecule is CS(=O)(=O)NCC(=O)N1[C@@H]2CC[C@H]1[C@](CO)(Cc1ccccc1)C2.O=CO. The predicted octanol–water partition coefficient (Wildman–Crippen LogP) is 0.221. The largest absolute Gasteiger partial charge is 0.483 e. The molecule has 9 heteroatoms. The van der Waals surface area contributed by atoms with Crippen LogP contribution in [0.5, 0.6) is 0 Å². The summed E-state index contributed by atoms with van der Waals surface area (Å²) in [7, 11) is -3.39. The Kier molecular flexibility index (Phi) is 6.96. The summed E-state index contributed by atoms with van der Waals surface area (Å²) in [6.45, 7) is -0.426. The summed E-state index contributed by atoms with van der Waals surface area (Å²) in [6.07, 6.45) is 4.34. The molecule has 0 aromatic heterocycles. The van der Waals surface area contributed by atoms with Crippen LogP contribution in [-0.2, 0) is 26.0 Å². The molecule has 1 aromatic rings. The van der Waals surface area contributed by atoms with Crippen molar-refractivity contribution >= 4 is 22.4 Å². The molecule has 0 unspecified atom stereocenters. The van der Waals surface area contributed by atoms with Gasteiger partial charge in [0.25, 0.3) is 6.47 Å². The molecule has 3 atom stereocenters. The number of nitrogens with one attached hydrogen (secondary N) is 1. The molecule has 8 nitrogen and oxygen atoms in total. The number of hydrogen-bond donors (Lipinski definition) is 3. The third-order valence-corrected chi connectivity index (χ3v) is 6.01. The van der Waals surface area contributed by atoms with Crippen molar-refractivity contribution in [3.05, 3.63) is 35.9 Å². The molecular formula is C18H26N2O6S. The first-order valence-electron chi connectivity index (χ1n) is 8.75. The molecule has 1 aromatic carbocycles. The quantitative estimate of drug-likeness (QED) is 0.589. The van der Waals surface area contributed by atoms with Gasteiger partial charge in [0.05, 0.1) is 19.4 Å². The number of amides is 1. The van der Waals surface area contributed by atoms with Crippen molar-refractivity contribution in [3.63, 3.8) is 0 Å². The second-order valence-corrected chi connectivity index (χ2v) is 8.97. The molecule has 1 amide bonds. The van der Waals surface area contributed by atoms with Crippen molar-refractivity contribution in [2.75, 3.05) is 19.4 Å². The van der Waals surface area contributed by atoms with Crippen LogP contribution < -0.4 is 4.72 Å². The Bertz CT molecular complexity index is 754. The number of aliphatic hydroxyl groups excluding tert-OH is 1. The number of carboxylic acid groups (broad SMARTS) is 1. The van der Waals surface area contributed by atoms with Crippen molar-refractivity contribution in [2.45, 2.75) is 37.8 Å². The summed E-state index contributed by atoms with van der Waals surface area (Å²) in [4.78, 5) is 22.7. The Morgan fingerprint density at radius 2 is 1.96 bits per heavy atom. The van der Waals surface area contributed by atoms with Crippen LogP contribution >= 0.6 is 0 Å². The summed E-state index contributed by atoms with van der Waals surface area (Å²) in [5.41, 5.74) is 0.825. The molecule has 2 aliphatic rings. The smallest absolute Gasteiger partial charge is 0.290 e. The van der Waals surface area contributed by atoms with E-state index in [0.29, 0.717) is 0 Å². The molecule has 150 valence electrons. The summed E-state index contributed by atoms with van der Waals surface area (Å²) >= 11 is 0.